The van der Waals surface area contributed by atoms with Crippen LogP contribution in [0.5, 0.6) is 0 Å². The molecule has 0 unspecified atom stereocenters. The van der Waals surface area contributed by atoms with Crippen LogP contribution in [-0.4, -0.2) is 22.7 Å². The molecule has 0 saturated carbocycles. The monoisotopic (exact) mass is 187 g/mol. The van der Waals surface area contributed by atoms with E-state index in [-0.39, 0.29) is 37.5 Å². The van der Waals surface area contributed by atoms with E-state index in [1.54, 1.807) is 0 Å². The highest BCUT2D eigenvalue weighted by Gasteiger charge is 2.07. The van der Waals surface area contributed by atoms with Crippen molar-refractivity contribution in [1.29, 1.82) is 0 Å². The highest BCUT2D eigenvalue weighted by Crippen LogP contribution is 1.98. The highest BCUT2D eigenvalue weighted by molar-refractivity contribution is 5.78. The van der Waals surface area contributed by atoms with Gasteiger partial charge in [0.15, 0.2) is 0 Å². The van der Waals surface area contributed by atoms with Gasteiger partial charge in [-0.25, -0.2) is 4.79 Å². The number of hydrogen-bond donors (Lipinski definition) is 1. The number of hydrogen-bond acceptors (Lipinski definition) is 6. The molecule has 0 bridgehead atoms. The number of aliphatic hydroxyl groups excluding tert-OH is 1. The van der Waals surface area contributed by atoms with Crippen LogP contribution < -0.4 is 5.82 Å². The van der Waals surface area contributed by atoms with Crippen molar-refractivity contribution < 1.29 is 18.8 Å². The molecule has 1 aromatic heterocycles. The molecular formula is C7H9NO5. The molecule has 0 atom stereocenters. The van der Waals surface area contributed by atoms with Crippen LogP contribution >= 0.6 is 0 Å². The predicted octanol–water partition coefficient (Wildman–Crippen LogP) is -0.488. The molecule has 0 radical (unpaired) electrons. The van der Waals surface area contributed by atoms with Gasteiger partial charge in [-0.3, -0.25) is 9.32 Å². The van der Waals surface area contributed by atoms with Crippen LogP contribution in [0.15, 0.2) is 13.7 Å². The Kier molecular flexibility index (Phi) is 3.39. The van der Waals surface area contributed by atoms with Crippen LogP contribution in [0.1, 0.15) is 18.7 Å². The van der Waals surface area contributed by atoms with Gasteiger partial charge in [0.25, 0.3) is 0 Å². The lowest BCUT2D eigenvalue weighted by Crippen LogP contribution is -2.02. The van der Waals surface area contributed by atoms with Gasteiger partial charge in [-0.05, 0) is 5.16 Å². The van der Waals surface area contributed by atoms with Crippen molar-refractivity contribution in [3.63, 3.8) is 0 Å². The van der Waals surface area contributed by atoms with Crippen molar-refractivity contribution in [2.24, 2.45) is 0 Å². The average molecular weight is 187 g/mol. The number of ketones is 1. The molecular weight excluding hydrogens is 178 g/mol. The first-order chi connectivity index (χ1) is 6.22. The first-order valence-corrected chi connectivity index (χ1v) is 3.80. The normalized spacial score (nSPS) is 10.2. The summed E-state index contributed by atoms with van der Waals surface area (Å²) in [7, 11) is 0. The molecule has 0 spiro atoms. The molecule has 0 fully saturated rings. The molecule has 1 rings (SSSR count). The van der Waals surface area contributed by atoms with Gasteiger partial charge in [-0.2, -0.15) is 0 Å². The molecule has 0 saturated heterocycles. The van der Waals surface area contributed by atoms with E-state index in [0.29, 0.717) is 0 Å². The highest BCUT2D eigenvalue weighted by atomic mass is 16.6. The summed E-state index contributed by atoms with van der Waals surface area (Å²) in [6, 6.07) is 0. The number of aromatic nitrogens is 1. The van der Waals surface area contributed by atoms with Crippen molar-refractivity contribution in [2.75, 3.05) is 6.61 Å². The summed E-state index contributed by atoms with van der Waals surface area (Å²) < 4.78 is 8.59. The SMILES string of the molecule is O=C(CCO)CCc1noc(=O)o1. The Bertz CT molecular complexity index is 326. The largest absolute Gasteiger partial charge is 0.542 e. The smallest absolute Gasteiger partial charge is 0.396 e. The zero-order valence-corrected chi connectivity index (χ0v) is 6.86. The second-order valence-corrected chi connectivity index (χ2v) is 2.44. The zero-order valence-electron chi connectivity index (χ0n) is 6.86. The van der Waals surface area contributed by atoms with Crippen LogP contribution in [0.25, 0.3) is 0 Å². The first kappa shape index (κ1) is 9.66. The van der Waals surface area contributed by atoms with E-state index in [4.69, 9.17) is 5.11 Å². The van der Waals surface area contributed by atoms with Crippen molar-refractivity contribution in [1.82, 2.24) is 5.16 Å². The van der Waals surface area contributed by atoms with Gasteiger partial charge in [-0.1, -0.05) is 0 Å². The molecule has 1 N–H and O–H groups in total. The minimum absolute atomic E-state index is 0.104. The lowest BCUT2D eigenvalue weighted by molar-refractivity contribution is -0.119. The standard InChI is InChI=1S/C7H9NO5/c9-4-3-5(10)1-2-6-8-13-7(11)12-6/h9H,1-4H2. The van der Waals surface area contributed by atoms with Gasteiger partial charge in [0.2, 0.25) is 5.89 Å². The first-order valence-electron chi connectivity index (χ1n) is 3.80. The van der Waals surface area contributed by atoms with Crippen molar-refractivity contribution >= 4 is 5.78 Å². The molecule has 0 aliphatic carbocycles. The molecule has 1 heterocycles. The molecule has 0 aliphatic rings. The van der Waals surface area contributed by atoms with Gasteiger partial charge < -0.3 is 9.52 Å². The second-order valence-electron chi connectivity index (χ2n) is 2.44. The van der Waals surface area contributed by atoms with Gasteiger partial charge in [0, 0.05) is 25.9 Å². The van der Waals surface area contributed by atoms with Crippen LogP contribution in [-0.2, 0) is 11.2 Å². The van der Waals surface area contributed by atoms with Crippen LogP contribution in [0.4, 0.5) is 0 Å². The Labute approximate surface area is 73.1 Å². The number of aryl methyl sites for hydroxylation is 1. The maximum atomic E-state index is 10.9. The third-order valence-corrected chi connectivity index (χ3v) is 1.43. The fourth-order valence-electron chi connectivity index (χ4n) is 0.814. The Morgan fingerprint density at radius 1 is 1.46 bits per heavy atom. The minimum Gasteiger partial charge on any atom is -0.396 e. The number of rotatable bonds is 5. The van der Waals surface area contributed by atoms with Gasteiger partial charge in [0.05, 0.1) is 0 Å². The Balaban J connectivity index is 2.35. The quantitative estimate of drug-likeness (QED) is 0.668. The van der Waals surface area contributed by atoms with Gasteiger partial charge in [-0.15, -0.1) is 0 Å². The van der Waals surface area contributed by atoms with E-state index in [2.05, 4.69) is 14.1 Å². The summed E-state index contributed by atoms with van der Waals surface area (Å²) in [5.74, 6) is -0.867. The van der Waals surface area contributed by atoms with E-state index >= 15 is 0 Å². The topological polar surface area (TPSA) is 93.5 Å². The van der Waals surface area contributed by atoms with Crippen molar-refractivity contribution in [3.8, 4) is 0 Å². The van der Waals surface area contributed by atoms with E-state index in [1.165, 1.54) is 0 Å². The summed E-state index contributed by atoms with van der Waals surface area (Å²) in [5, 5.41) is 11.7. The number of aliphatic hydroxyl groups is 1. The summed E-state index contributed by atoms with van der Waals surface area (Å²) in [5.41, 5.74) is 0. The fraction of sp³-hybridized carbons (Fsp3) is 0.571. The lowest BCUT2D eigenvalue weighted by Gasteiger charge is -1.93. The molecule has 0 amide bonds. The molecule has 72 valence electrons. The average Bonchev–Trinajstić information content (AvgIpc) is 2.49. The Morgan fingerprint density at radius 2 is 2.23 bits per heavy atom. The molecule has 13 heavy (non-hydrogen) atoms. The van der Waals surface area contributed by atoms with Crippen LogP contribution in [0, 0.1) is 0 Å². The molecule has 6 nitrogen and oxygen atoms in total. The van der Waals surface area contributed by atoms with Crippen LogP contribution in [0.3, 0.4) is 0 Å². The molecule has 0 aromatic carbocycles. The van der Waals surface area contributed by atoms with Crippen molar-refractivity contribution in [3.05, 3.63) is 16.5 Å². The third kappa shape index (κ3) is 3.20. The summed E-state index contributed by atoms with van der Waals surface area (Å²) in [6.07, 6.45) is 0.530. The number of Topliss-reactive ketones (excluding diaryl/α,β-unsaturated/α-hetero) is 1. The Hall–Kier alpha value is -1.43. The van der Waals surface area contributed by atoms with E-state index in [0.717, 1.165) is 0 Å². The zero-order chi connectivity index (χ0) is 9.68. The summed E-state index contributed by atoms with van der Waals surface area (Å²) in [4.78, 5) is 21.2. The third-order valence-electron chi connectivity index (χ3n) is 1.43. The lowest BCUT2D eigenvalue weighted by atomic mass is 10.2. The minimum atomic E-state index is -0.871. The molecule has 6 heteroatoms. The maximum Gasteiger partial charge on any atom is 0.542 e. The van der Waals surface area contributed by atoms with E-state index < -0.39 is 5.82 Å². The Morgan fingerprint density at radius 3 is 2.77 bits per heavy atom. The second kappa shape index (κ2) is 4.56. The number of carbonyl (C=O) groups is 1. The summed E-state index contributed by atoms with van der Waals surface area (Å²) >= 11 is 0. The number of nitrogens with zero attached hydrogens (tertiary/aromatic N) is 1. The maximum absolute atomic E-state index is 10.9. The fourth-order valence-corrected chi connectivity index (χ4v) is 0.814. The predicted molar refractivity (Wildman–Crippen MR) is 40.1 cm³/mol. The number of carbonyl (C=O) groups excluding carboxylic acids is 1. The molecule has 1 aromatic rings. The van der Waals surface area contributed by atoms with Gasteiger partial charge >= 0.3 is 5.82 Å². The van der Waals surface area contributed by atoms with E-state index in [1.807, 2.05) is 0 Å². The van der Waals surface area contributed by atoms with Gasteiger partial charge in [0.1, 0.15) is 5.78 Å². The summed E-state index contributed by atoms with van der Waals surface area (Å²) in [6.45, 7) is -0.165. The van der Waals surface area contributed by atoms with Crippen LogP contribution in [0.2, 0.25) is 0 Å². The molecule has 0 aliphatic heterocycles. The van der Waals surface area contributed by atoms with Crippen molar-refractivity contribution in [2.45, 2.75) is 19.3 Å². The van der Waals surface area contributed by atoms with E-state index in [9.17, 15) is 9.59 Å².